The number of nitrogens with zero attached hydrogens (tertiary/aromatic N) is 4. The highest BCUT2D eigenvalue weighted by molar-refractivity contribution is 5.81. The normalized spacial score (nSPS) is 10.8. The van der Waals surface area contributed by atoms with Crippen molar-refractivity contribution in [2.45, 2.75) is 19.9 Å². The molecular weight excluding hydrogens is 369 g/mol. The summed E-state index contributed by atoms with van der Waals surface area (Å²) in [6.45, 7) is 1.79. The van der Waals surface area contributed by atoms with Crippen LogP contribution in [0.3, 0.4) is 0 Å². The standard InChI is InChI=1S/C18H18FN5O4/c1-2-28-16(26)10-20-15(25)7-8-23-11-21-17-14(18(23)27)9-22-24(17)13-5-3-12(19)4-6-13/h3-6,9,11H,2,7-8,10H2,1H3,(H,20,25). The van der Waals surface area contributed by atoms with Gasteiger partial charge in [0.25, 0.3) is 5.56 Å². The minimum absolute atomic E-state index is 0.00139. The Bertz CT molecular complexity index is 1060. The van der Waals surface area contributed by atoms with E-state index in [4.69, 9.17) is 4.74 Å². The smallest absolute Gasteiger partial charge is 0.325 e. The molecule has 1 N–H and O–H groups in total. The van der Waals surface area contributed by atoms with Crippen molar-refractivity contribution >= 4 is 22.9 Å². The molecule has 2 aromatic heterocycles. The van der Waals surface area contributed by atoms with Crippen LogP contribution < -0.4 is 10.9 Å². The highest BCUT2D eigenvalue weighted by atomic mass is 19.1. The van der Waals surface area contributed by atoms with Crippen molar-refractivity contribution in [3.8, 4) is 5.69 Å². The molecule has 2 heterocycles. The Hall–Kier alpha value is -3.56. The first-order valence-corrected chi connectivity index (χ1v) is 8.61. The molecule has 3 aromatic rings. The largest absolute Gasteiger partial charge is 0.465 e. The van der Waals surface area contributed by atoms with Crippen molar-refractivity contribution in [3.05, 3.63) is 53.0 Å². The molecule has 0 aliphatic rings. The molecule has 0 atom stereocenters. The van der Waals surface area contributed by atoms with Crippen LogP contribution in [0.2, 0.25) is 0 Å². The quantitative estimate of drug-likeness (QED) is 0.601. The van der Waals surface area contributed by atoms with E-state index in [9.17, 15) is 18.8 Å². The number of hydrogen-bond donors (Lipinski definition) is 1. The van der Waals surface area contributed by atoms with Crippen LogP contribution in [0.25, 0.3) is 16.7 Å². The summed E-state index contributed by atoms with van der Waals surface area (Å²) >= 11 is 0. The molecule has 0 saturated heterocycles. The molecule has 3 rings (SSSR count). The molecule has 28 heavy (non-hydrogen) atoms. The van der Waals surface area contributed by atoms with Gasteiger partial charge in [0.1, 0.15) is 17.7 Å². The van der Waals surface area contributed by atoms with Gasteiger partial charge >= 0.3 is 5.97 Å². The van der Waals surface area contributed by atoms with Crippen LogP contribution in [0, 0.1) is 5.82 Å². The summed E-state index contributed by atoms with van der Waals surface area (Å²) in [5.74, 6) is -1.29. The SMILES string of the molecule is CCOC(=O)CNC(=O)CCn1cnc2c(cnn2-c2ccc(F)cc2)c1=O. The van der Waals surface area contributed by atoms with Crippen molar-refractivity contribution in [1.29, 1.82) is 0 Å². The Kier molecular flexibility index (Phi) is 5.78. The monoisotopic (exact) mass is 387 g/mol. The zero-order valence-corrected chi connectivity index (χ0v) is 15.1. The van der Waals surface area contributed by atoms with E-state index in [1.807, 2.05) is 0 Å². The van der Waals surface area contributed by atoms with Gasteiger partial charge in [-0.1, -0.05) is 0 Å². The number of rotatable bonds is 7. The maximum atomic E-state index is 13.1. The third-order valence-electron chi connectivity index (χ3n) is 3.94. The summed E-state index contributed by atoms with van der Waals surface area (Å²) in [7, 11) is 0. The van der Waals surface area contributed by atoms with E-state index in [-0.39, 0.29) is 48.8 Å². The second kappa shape index (κ2) is 8.42. The minimum Gasteiger partial charge on any atom is -0.465 e. The number of aryl methyl sites for hydroxylation is 1. The van der Waals surface area contributed by atoms with Crippen molar-refractivity contribution < 1.29 is 18.7 Å². The average Bonchev–Trinajstić information content (AvgIpc) is 3.11. The third-order valence-corrected chi connectivity index (χ3v) is 3.94. The molecule has 0 fully saturated rings. The van der Waals surface area contributed by atoms with Gasteiger partial charge in [-0.15, -0.1) is 0 Å². The van der Waals surface area contributed by atoms with Crippen molar-refractivity contribution in [2.24, 2.45) is 0 Å². The van der Waals surface area contributed by atoms with Crippen LogP contribution in [0.15, 0.2) is 41.6 Å². The number of esters is 1. The molecule has 0 bridgehead atoms. The van der Waals surface area contributed by atoms with Crippen molar-refractivity contribution in [1.82, 2.24) is 24.6 Å². The first-order chi connectivity index (χ1) is 13.5. The van der Waals surface area contributed by atoms with Crippen LogP contribution in [0.1, 0.15) is 13.3 Å². The fraction of sp³-hybridized carbons (Fsp3) is 0.278. The van der Waals surface area contributed by atoms with Crippen molar-refractivity contribution in [3.63, 3.8) is 0 Å². The first kappa shape index (κ1) is 19.2. The highest BCUT2D eigenvalue weighted by Crippen LogP contribution is 2.14. The van der Waals surface area contributed by atoms with Crippen LogP contribution in [-0.2, 0) is 20.9 Å². The number of amides is 1. The summed E-state index contributed by atoms with van der Waals surface area (Å²) in [6, 6.07) is 5.64. The lowest BCUT2D eigenvalue weighted by atomic mass is 10.3. The number of hydrogen-bond acceptors (Lipinski definition) is 6. The maximum absolute atomic E-state index is 13.1. The van der Waals surface area contributed by atoms with Gasteiger partial charge in [0.05, 0.1) is 24.8 Å². The second-order valence-corrected chi connectivity index (χ2v) is 5.84. The topological polar surface area (TPSA) is 108 Å². The van der Waals surface area contributed by atoms with Gasteiger partial charge in [-0.25, -0.2) is 14.1 Å². The molecule has 146 valence electrons. The molecular formula is C18H18FN5O4. The molecule has 1 aromatic carbocycles. The molecule has 0 saturated carbocycles. The van der Waals surface area contributed by atoms with Crippen LogP contribution >= 0.6 is 0 Å². The summed E-state index contributed by atoms with van der Waals surface area (Å²) < 4.78 is 20.5. The van der Waals surface area contributed by atoms with Gasteiger partial charge < -0.3 is 10.1 Å². The molecule has 0 unspecified atom stereocenters. The predicted octanol–water partition coefficient (Wildman–Crippen LogP) is 0.791. The number of nitrogens with one attached hydrogen (secondary N) is 1. The Labute approximate surface area is 158 Å². The zero-order valence-electron chi connectivity index (χ0n) is 15.1. The van der Waals surface area contributed by atoms with E-state index in [2.05, 4.69) is 15.4 Å². The minimum atomic E-state index is -0.524. The van der Waals surface area contributed by atoms with Gasteiger partial charge in [-0.2, -0.15) is 5.10 Å². The van der Waals surface area contributed by atoms with E-state index in [0.717, 1.165) is 0 Å². The van der Waals surface area contributed by atoms with Crippen molar-refractivity contribution in [2.75, 3.05) is 13.2 Å². The lowest BCUT2D eigenvalue weighted by molar-refractivity contribution is -0.143. The molecule has 1 amide bonds. The summed E-state index contributed by atoms with van der Waals surface area (Å²) in [4.78, 5) is 39.9. The fourth-order valence-corrected chi connectivity index (χ4v) is 2.57. The van der Waals surface area contributed by atoms with Gasteiger partial charge in [0.2, 0.25) is 5.91 Å². The lowest BCUT2D eigenvalue weighted by Crippen LogP contribution is -2.32. The first-order valence-electron chi connectivity index (χ1n) is 8.61. The number of aromatic nitrogens is 4. The van der Waals surface area contributed by atoms with Gasteiger partial charge in [0.15, 0.2) is 5.65 Å². The van der Waals surface area contributed by atoms with Gasteiger partial charge in [-0.05, 0) is 31.2 Å². The second-order valence-electron chi connectivity index (χ2n) is 5.84. The maximum Gasteiger partial charge on any atom is 0.325 e. The van der Waals surface area contributed by atoms with E-state index < -0.39 is 5.97 Å². The number of carbonyl (C=O) groups is 2. The van der Waals surface area contributed by atoms with E-state index >= 15 is 0 Å². The highest BCUT2D eigenvalue weighted by Gasteiger charge is 2.13. The third kappa shape index (κ3) is 4.22. The molecule has 0 radical (unpaired) electrons. The summed E-state index contributed by atoms with van der Waals surface area (Å²) in [5, 5.41) is 6.85. The van der Waals surface area contributed by atoms with E-state index in [1.54, 1.807) is 6.92 Å². The van der Waals surface area contributed by atoms with Crippen LogP contribution in [-0.4, -0.2) is 44.4 Å². The number of halogens is 1. The summed E-state index contributed by atoms with van der Waals surface area (Å²) in [6.07, 6.45) is 2.70. The lowest BCUT2D eigenvalue weighted by Gasteiger charge is -2.07. The fourth-order valence-electron chi connectivity index (χ4n) is 2.57. The van der Waals surface area contributed by atoms with E-state index in [1.165, 1.54) is 46.0 Å². The van der Waals surface area contributed by atoms with Crippen LogP contribution in [0.5, 0.6) is 0 Å². The number of carbonyl (C=O) groups excluding carboxylic acids is 2. The number of ether oxygens (including phenoxy) is 1. The Morgan fingerprint density at radius 3 is 2.71 bits per heavy atom. The Morgan fingerprint density at radius 2 is 2.00 bits per heavy atom. The molecule has 0 aliphatic carbocycles. The van der Waals surface area contributed by atoms with Gasteiger partial charge in [-0.3, -0.25) is 19.0 Å². The molecule has 9 nitrogen and oxygen atoms in total. The molecule has 10 heteroatoms. The Morgan fingerprint density at radius 1 is 1.25 bits per heavy atom. The van der Waals surface area contributed by atoms with Crippen LogP contribution in [0.4, 0.5) is 4.39 Å². The van der Waals surface area contributed by atoms with Gasteiger partial charge in [0, 0.05) is 13.0 Å². The number of benzene rings is 1. The summed E-state index contributed by atoms with van der Waals surface area (Å²) in [5.41, 5.74) is 0.551. The predicted molar refractivity (Wildman–Crippen MR) is 97.3 cm³/mol. The van der Waals surface area contributed by atoms with E-state index in [0.29, 0.717) is 11.3 Å². The molecule has 0 spiro atoms. The Balaban J connectivity index is 1.71. The number of fused-ring (bicyclic) bond motifs is 1. The zero-order chi connectivity index (χ0) is 20.1. The average molecular weight is 387 g/mol. The molecule has 0 aliphatic heterocycles.